The van der Waals surface area contributed by atoms with Crippen LogP contribution in [0.3, 0.4) is 0 Å². The Kier molecular flexibility index (Phi) is 3.92. The Hall–Kier alpha value is -2.11. The number of nitrogens with two attached hydrogens (primary N) is 1. The van der Waals surface area contributed by atoms with E-state index in [4.69, 9.17) is 10.5 Å². The van der Waals surface area contributed by atoms with Crippen molar-refractivity contribution in [3.8, 4) is 17.1 Å². The molecule has 2 N–H and O–H groups in total. The third-order valence-corrected chi connectivity index (χ3v) is 3.48. The van der Waals surface area contributed by atoms with Crippen molar-refractivity contribution in [2.45, 2.75) is 39.7 Å². The molecule has 0 aliphatic heterocycles. The molecule has 6 heteroatoms. The third kappa shape index (κ3) is 2.45. The van der Waals surface area contributed by atoms with Gasteiger partial charge >= 0.3 is 0 Å². The molecule has 20 heavy (non-hydrogen) atoms. The fraction of sp³-hybridized carbons (Fsp3) is 0.500. The minimum Gasteiger partial charge on any atom is -0.491 e. The van der Waals surface area contributed by atoms with Gasteiger partial charge in [-0.05, 0) is 49.8 Å². The fourth-order valence-electron chi connectivity index (χ4n) is 1.95. The van der Waals surface area contributed by atoms with Gasteiger partial charge in [0.1, 0.15) is 0 Å². The lowest BCUT2D eigenvalue weighted by molar-refractivity contribution is 0.303. The monoisotopic (exact) mass is 275 g/mol. The first-order chi connectivity index (χ1) is 9.51. The molecule has 0 aliphatic carbocycles. The molecule has 0 aliphatic rings. The summed E-state index contributed by atoms with van der Waals surface area (Å²) < 4.78 is 7.48. The lowest BCUT2D eigenvalue weighted by Gasteiger charge is -2.24. The van der Waals surface area contributed by atoms with E-state index in [1.165, 1.54) is 0 Å². The summed E-state index contributed by atoms with van der Waals surface area (Å²) in [4.78, 5) is 0. The van der Waals surface area contributed by atoms with E-state index in [2.05, 4.69) is 36.3 Å². The van der Waals surface area contributed by atoms with Crippen LogP contribution in [0, 0.1) is 0 Å². The Morgan fingerprint density at radius 3 is 2.70 bits per heavy atom. The van der Waals surface area contributed by atoms with Gasteiger partial charge in [-0.2, -0.15) is 0 Å². The van der Waals surface area contributed by atoms with Crippen molar-refractivity contribution >= 4 is 5.69 Å². The second-order valence-corrected chi connectivity index (χ2v) is 5.24. The minimum absolute atomic E-state index is 0.174. The number of hydrogen-bond acceptors (Lipinski definition) is 5. The quantitative estimate of drug-likeness (QED) is 0.848. The van der Waals surface area contributed by atoms with Crippen molar-refractivity contribution in [1.29, 1.82) is 0 Å². The van der Waals surface area contributed by atoms with Crippen LogP contribution >= 0.6 is 0 Å². The van der Waals surface area contributed by atoms with Gasteiger partial charge in [-0.3, -0.25) is 0 Å². The molecule has 0 atom stereocenters. The number of rotatable bonds is 5. The molecule has 6 nitrogen and oxygen atoms in total. The molecule has 108 valence electrons. The van der Waals surface area contributed by atoms with Crippen LogP contribution in [0.5, 0.6) is 5.75 Å². The summed E-state index contributed by atoms with van der Waals surface area (Å²) in [5, 5.41) is 12.1. The third-order valence-electron chi connectivity index (χ3n) is 3.48. The molecule has 0 amide bonds. The molecule has 1 heterocycles. The highest BCUT2D eigenvalue weighted by Gasteiger charge is 2.26. The average Bonchev–Trinajstić information content (AvgIpc) is 2.91. The molecule has 0 unspecified atom stereocenters. The highest BCUT2D eigenvalue weighted by molar-refractivity contribution is 5.73. The largest absolute Gasteiger partial charge is 0.491 e. The zero-order chi connectivity index (χ0) is 14.8. The summed E-state index contributed by atoms with van der Waals surface area (Å²) in [6.45, 7) is 8.77. The normalized spacial score (nSPS) is 11.6. The maximum absolute atomic E-state index is 6.00. The van der Waals surface area contributed by atoms with Crippen molar-refractivity contribution in [2.24, 2.45) is 0 Å². The van der Waals surface area contributed by atoms with Gasteiger partial charge in [0.2, 0.25) is 0 Å². The number of nitrogens with zero attached hydrogens (tertiary/aromatic N) is 4. The summed E-state index contributed by atoms with van der Waals surface area (Å²) in [6.07, 6.45) is 0.914. The summed E-state index contributed by atoms with van der Waals surface area (Å²) in [7, 11) is 0. The molecule has 0 bridgehead atoms. The fourth-order valence-corrected chi connectivity index (χ4v) is 1.95. The minimum atomic E-state index is -0.174. The molecule has 0 saturated heterocycles. The predicted molar refractivity (Wildman–Crippen MR) is 78.4 cm³/mol. The number of tetrazole rings is 1. The number of para-hydroxylation sites is 1. The van der Waals surface area contributed by atoms with Crippen LogP contribution in [0.1, 0.15) is 34.1 Å². The lowest BCUT2D eigenvalue weighted by atomic mass is 10.0. The highest BCUT2D eigenvalue weighted by atomic mass is 16.5. The Labute approximate surface area is 118 Å². The number of hydrogen-bond donors (Lipinski definition) is 1. The van der Waals surface area contributed by atoms with Gasteiger partial charge in [0.25, 0.3) is 0 Å². The molecule has 1 aromatic heterocycles. The summed E-state index contributed by atoms with van der Waals surface area (Å²) in [6, 6.07) is 5.62. The molecule has 1 aromatic carbocycles. The SMILES string of the molecule is CCOc1c(N)cccc1-c1nnnn1C(C)(C)CC. The number of aromatic nitrogens is 4. The van der Waals surface area contributed by atoms with Gasteiger partial charge in [-0.1, -0.05) is 13.0 Å². The van der Waals surface area contributed by atoms with E-state index in [-0.39, 0.29) is 5.54 Å². The molecule has 0 fully saturated rings. The summed E-state index contributed by atoms with van der Waals surface area (Å²) in [5.41, 5.74) is 7.24. The van der Waals surface area contributed by atoms with Crippen LogP contribution in [0.25, 0.3) is 11.4 Å². The molecular weight excluding hydrogens is 254 g/mol. The van der Waals surface area contributed by atoms with Crippen molar-refractivity contribution < 1.29 is 4.74 Å². The van der Waals surface area contributed by atoms with Crippen LogP contribution in [-0.4, -0.2) is 26.8 Å². The predicted octanol–water partition coefficient (Wildman–Crippen LogP) is 2.47. The molecular formula is C14H21N5O. The van der Waals surface area contributed by atoms with E-state index in [9.17, 15) is 0 Å². The van der Waals surface area contributed by atoms with Gasteiger partial charge in [0.15, 0.2) is 11.6 Å². The summed E-state index contributed by atoms with van der Waals surface area (Å²) >= 11 is 0. The first-order valence-electron chi connectivity index (χ1n) is 6.81. The standard InChI is InChI=1S/C14H21N5O/c1-5-14(3,4)19-13(16-17-18-19)10-8-7-9-11(15)12(10)20-6-2/h7-9H,5-6,15H2,1-4H3. The van der Waals surface area contributed by atoms with Crippen molar-refractivity contribution in [3.05, 3.63) is 18.2 Å². The van der Waals surface area contributed by atoms with Crippen molar-refractivity contribution in [3.63, 3.8) is 0 Å². The Bertz CT molecular complexity index is 591. The molecule has 2 rings (SSSR count). The Balaban J connectivity index is 2.59. The van der Waals surface area contributed by atoms with E-state index < -0.39 is 0 Å². The van der Waals surface area contributed by atoms with Gasteiger partial charge < -0.3 is 10.5 Å². The zero-order valence-electron chi connectivity index (χ0n) is 12.4. The second-order valence-electron chi connectivity index (χ2n) is 5.24. The smallest absolute Gasteiger partial charge is 0.186 e. The van der Waals surface area contributed by atoms with Crippen LogP contribution in [0.4, 0.5) is 5.69 Å². The van der Waals surface area contributed by atoms with Gasteiger partial charge in [-0.15, -0.1) is 5.10 Å². The highest BCUT2D eigenvalue weighted by Crippen LogP contribution is 2.35. The Morgan fingerprint density at radius 2 is 2.05 bits per heavy atom. The topological polar surface area (TPSA) is 78.8 Å². The van der Waals surface area contributed by atoms with Gasteiger partial charge in [0, 0.05) is 0 Å². The maximum atomic E-state index is 6.00. The number of ether oxygens (including phenoxy) is 1. The van der Waals surface area contributed by atoms with Crippen LogP contribution in [0.2, 0.25) is 0 Å². The molecule has 0 saturated carbocycles. The van der Waals surface area contributed by atoms with Crippen molar-refractivity contribution in [1.82, 2.24) is 20.2 Å². The van der Waals surface area contributed by atoms with Gasteiger partial charge in [-0.25, -0.2) is 4.68 Å². The number of anilines is 1. The molecule has 0 radical (unpaired) electrons. The average molecular weight is 275 g/mol. The second kappa shape index (κ2) is 5.48. The maximum Gasteiger partial charge on any atom is 0.186 e. The first kappa shape index (κ1) is 14.3. The van der Waals surface area contributed by atoms with Crippen LogP contribution < -0.4 is 10.5 Å². The first-order valence-corrected chi connectivity index (χ1v) is 6.81. The number of nitrogen functional groups attached to an aromatic ring is 1. The van der Waals surface area contributed by atoms with E-state index >= 15 is 0 Å². The lowest BCUT2D eigenvalue weighted by Crippen LogP contribution is -2.27. The van der Waals surface area contributed by atoms with E-state index in [1.807, 2.05) is 29.8 Å². The molecule has 0 spiro atoms. The number of benzene rings is 1. The van der Waals surface area contributed by atoms with E-state index in [1.54, 1.807) is 0 Å². The Morgan fingerprint density at radius 1 is 1.30 bits per heavy atom. The zero-order valence-corrected chi connectivity index (χ0v) is 12.4. The molecule has 2 aromatic rings. The van der Waals surface area contributed by atoms with Crippen molar-refractivity contribution in [2.75, 3.05) is 12.3 Å². The van der Waals surface area contributed by atoms with E-state index in [0.717, 1.165) is 12.0 Å². The summed E-state index contributed by atoms with van der Waals surface area (Å²) in [5.74, 6) is 1.31. The van der Waals surface area contributed by atoms with E-state index in [0.29, 0.717) is 23.9 Å². The van der Waals surface area contributed by atoms with Gasteiger partial charge in [0.05, 0.1) is 23.4 Å². The van der Waals surface area contributed by atoms with Crippen LogP contribution in [0.15, 0.2) is 18.2 Å². The van der Waals surface area contributed by atoms with Crippen LogP contribution in [-0.2, 0) is 5.54 Å².